The fraction of sp³-hybridized carbons (Fsp3) is 0.611. The average Bonchev–Trinajstić information content (AvgIpc) is 2.58. The van der Waals surface area contributed by atoms with E-state index < -0.39 is 10.0 Å². The van der Waals surface area contributed by atoms with Crippen molar-refractivity contribution in [2.45, 2.75) is 63.5 Å². The summed E-state index contributed by atoms with van der Waals surface area (Å²) in [6.45, 7) is 6.16. The van der Waals surface area contributed by atoms with Crippen LogP contribution in [-0.2, 0) is 10.0 Å². The molecule has 0 aliphatic heterocycles. The normalized spacial score (nSPS) is 21.3. The number of aliphatic hydroxyl groups excluding tert-OH is 1. The molecule has 0 radical (unpaired) electrons. The summed E-state index contributed by atoms with van der Waals surface area (Å²) in [5, 5.41) is 12.5. The largest absolute Gasteiger partial charge is 0.393 e. The van der Waals surface area contributed by atoms with Gasteiger partial charge in [0.05, 0.1) is 11.0 Å². The van der Waals surface area contributed by atoms with E-state index in [0.717, 1.165) is 18.4 Å². The highest BCUT2D eigenvalue weighted by atomic mass is 32.2. The molecule has 0 spiro atoms. The fourth-order valence-electron chi connectivity index (χ4n) is 3.20. The number of carbonyl (C=O) groups is 1. The highest BCUT2D eigenvalue weighted by Gasteiger charge is 2.25. The third-order valence-corrected chi connectivity index (χ3v) is 6.87. The van der Waals surface area contributed by atoms with E-state index in [9.17, 15) is 18.3 Å². The van der Waals surface area contributed by atoms with Crippen molar-refractivity contribution in [2.24, 2.45) is 0 Å². The fourth-order valence-corrected chi connectivity index (χ4v) is 4.69. The molecule has 1 fully saturated rings. The van der Waals surface area contributed by atoms with Crippen molar-refractivity contribution in [3.8, 4) is 0 Å². The SMILES string of the molecule is CCN(CC)S(=O)(=O)c1ccc(C)c(C(=O)NC2CCC(O)CC2)c1. The Morgan fingerprint density at radius 2 is 1.80 bits per heavy atom. The van der Waals surface area contributed by atoms with Crippen LogP contribution < -0.4 is 5.32 Å². The minimum absolute atomic E-state index is 0.0262. The maximum Gasteiger partial charge on any atom is 0.251 e. The summed E-state index contributed by atoms with van der Waals surface area (Å²) in [7, 11) is -3.59. The molecule has 0 atom stereocenters. The molecule has 1 aliphatic carbocycles. The molecule has 0 bridgehead atoms. The molecular formula is C18H28N2O4S. The highest BCUT2D eigenvalue weighted by Crippen LogP contribution is 2.22. The maximum absolute atomic E-state index is 12.7. The number of carbonyl (C=O) groups excluding carboxylic acids is 1. The molecule has 1 aromatic rings. The molecule has 7 heteroatoms. The molecule has 140 valence electrons. The first-order valence-corrected chi connectivity index (χ1v) is 10.3. The van der Waals surface area contributed by atoms with Crippen molar-refractivity contribution >= 4 is 15.9 Å². The zero-order valence-electron chi connectivity index (χ0n) is 15.2. The molecule has 0 saturated heterocycles. The number of amides is 1. The first-order chi connectivity index (χ1) is 11.8. The third-order valence-electron chi connectivity index (χ3n) is 4.83. The third kappa shape index (κ3) is 4.59. The van der Waals surface area contributed by atoms with Crippen molar-refractivity contribution in [2.75, 3.05) is 13.1 Å². The lowest BCUT2D eigenvalue weighted by Gasteiger charge is -2.26. The van der Waals surface area contributed by atoms with Crippen molar-refractivity contribution in [1.29, 1.82) is 0 Å². The van der Waals surface area contributed by atoms with E-state index in [-0.39, 0.29) is 22.9 Å². The van der Waals surface area contributed by atoms with E-state index in [1.54, 1.807) is 32.9 Å². The number of rotatable bonds is 6. The predicted octanol–water partition coefficient (Wildman–Crippen LogP) is 2.06. The lowest BCUT2D eigenvalue weighted by molar-refractivity contribution is 0.0867. The summed E-state index contributed by atoms with van der Waals surface area (Å²) in [5.41, 5.74) is 1.13. The van der Waals surface area contributed by atoms with Crippen LogP contribution in [0, 0.1) is 6.92 Å². The van der Waals surface area contributed by atoms with Crippen molar-refractivity contribution in [3.05, 3.63) is 29.3 Å². The van der Waals surface area contributed by atoms with Gasteiger partial charge >= 0.3 is 0 Å². The van der Waals surface area contributed by atoms with Crippen LogP contribution in [0.15, 0.2) is 23.1 Å². The topological polar surface area (TPSA) is 86.7 Å². The van der Waals surface area contributed by atoms with Crippen LogP contribution in [0.25, 0.3) is 0 Å². The van der Waals surface area contributed by atoms with Gasteiger partial charge in [-0.15, -0.1) is 0 Å². The molecule has 1 amide bonds. The Bertz CT molecular complexity index is 706. The smallest absolute Gasteiger partial charge is 0.251 e. The van der Waals surface area contributed by atoms with Crippen LogP contribution in [0.2, 0.25) is 0 Å². The Kier molecular flexibility index (Phi) is 6.59. The molecule has 0 heterocycles. The summed E-state index contributed by atoms with van der Waals surface area (Å²) in [6, 6.07) is 4.72. The molecule has 25 heavy (non-hydrogen) atoms. The summed E-state index contributed by atoms with van der Waals surface area (Å²) >= 11 is 0. The molecular weight excluding hydrogens is 340 g/mol. The number of hydrogen-bond donors (Lipinski definition) is 2. The molecule has 1 aliphatic rings. The standard InChI is InChI=1S/C18H28N2O4S/c1-4-20(5-2)25(23,24)16-11-6-13(3)17(12-16)18(22)19-14-7-9-15(21)10-8-14/h6,11-12,14-15,21H,4-5,7-10H2,1-3H3,(H,19,22). The lowest BCUT2D eigenvalue weighted by atomic mass is 9.93. The lowest BCUT2D eigenvalue weighted by Crippen LogP contribution is -2.39. The number of nitrogens with one attached hydrogen (secondary N) is 1. The Morgan fingerprint density at radius 3 is 2.36 bits per heavy atom. The second-order valence-corrected chi connectivity index (χ2v) is 8.48. The molecule has 1 saturated carbocycles. The number of nitrogens with zero attached hydrogens (tertiary/aromatic N) is 1. The van der Waals surface area contributed by atoms with Crippen molar-refractivity contribution in [3.63, 3.8) is 0 Å². The van der Waals surface area contributed by atoms with Gasteiger partial charge in [0.25, 0.3) is 5.91 Å². The maximum atomic E-state index is 12.7. The summed E-state index contributed by atoms with van der Waals surface area (Å²) in [6.07, 6.45) is 2.56. The Balaban J connectivity index is 2.22. The predicted molar refractivity (Wildman–Crippen MR) is 97.0 cm³/mol. The van der Waals surface area contributed by atoms with Crippen LogP contribution in [-0.4, -0.2) is 49.0 Å². The molecule has 0 unspecified atom stereocenters. The first-order valence-electron chi connectivity index (χ1n) is 8.89. The number of aryl methyl sites for hydroxylation is 1. The van der Waals surface area contributed by atoms with Crippen LogP contribution in [0.1, 0.15) is 55.5 Å². The van der Waals surface area contributed by atoms with Crippen molar-refractivity contribution in [1.82, 2.24) is 9.62 Å². The molecule has 1 aromatic carbocycles. The van der Waals surface area contributed by atoms with E-state index in [4.69, 9.17) is 0 Å². The second-order valence-electron chi connectivity index (χ2n) is 6.54. The summed E-state index contributed by atoms with van der Waals surface area (Å²) < 4.78 is 26.7. The Labute approximate surface area is 150 Å². The van der Waals surface area contributed by atoms with Gasteiger partial charge in [0, 0.05) is 24.7 Å². The molecule has 6 nitrogen and oxygen atoms in total. The van der Waals surface area contributed by atoms with Gasteiger partial charge in [0.15, 0.2) is 0 Å². The zero-order valence-corrected chi connectivity index (χ0v) is 16.0. The quantitative estimate of drug-likeness (QED) is 0.805. The molecule has 2 rings (SSSR count). The molecule has 2 N–H and O–H groups in total. The summed E-state index contributed by atoms with van der Waals surface area (Å²) in [4.78, 5) is 12.8. The van der Waals surface area contributed by atoms with Gasteiger partial charge in [-0.3, -0.25) is 4.79 Å². The minimum atomic E-state index is -3.59. The van der Waals surface area contributed by atoms with E-state index in [2.05, 4.69) is 5.32 Å². The summed E-state index contributed by atoms with van der Waals surface area (Å²) in [5.74, 6) is -0.254. The minimum Gasteiger partial charge on any atom is -0.393 e. The van der Waals surface area contributed by atoms with E-state index in [1.807, 2.05) is 0 Å². The van der Waals surface area contributed by atoms with Crippen LogP contribution in [0.5, 0.6) is 0 Å². The highest BCUT2D eigenvalue weighted by molar-refractivity contribution is 7.89. The van der Waals surface area contributed by atoms with Gasteiger partial charge in [-0.25, -0.2) is 8.42 Å². The van der Waals surface area contributed by atoms with E-state index >= 15 is 0 Å². The molecule has 0 aromatic heterocycles. The van der Waals surface area contributed by atoms with Crippen LogP contribution >= 0.6 is 0 Å². The monoisotopic (exact) mass is 368 g/mol. The number of sulfonamides is 1. The van der Waals surface area contributed by atoms with E-state index in [1.165, 1.54) is 10.4 Å². The second kappa shape index (κ2) is 8.29. The number of aliphatic hydroxyl groups is 1. The van der Waals surface area contributed by atoms with Gasteiger partial charge in [-0.2, -0.15) is 4.31 Å². The average molecular weight is 368 g/mol. The van der Waals surface area contributed by atoms with Gasteiger partial charge in [-0.1, -0.05) is 19.9 Å². The van der Waals surface area contributed by atoms with Crippen LogP contribution in [0.3, 0.4) is 0 Å². The number of benzene rings is 1. The van der Waals surface area contributed by atoms with Crippen molar-refractivity contribution < 1.29 is 18.3 Å². The van der Waals surface area contributed by atoms with Gasteiger partial charge in [-0.05, 0) is 50.3 Å². The Morgan fingerprint density at radius 1 is 1.20 bits per heavy atom. The van der Waals surface area contributed by atoms with Gasteiger partial charge in [0.1, 0.15) is 0 Å². The first kappa shape index (κ1) is 19.9. The van der Waals surface area contributed by atoms with E-state index in [0.29, 0.717) is 31.5 Å². The van der Waals surface area contributed by atoms with Gasteiger partial charge < -0.3 is 10.4 Å². The zero-order chi connectivity index (χ0) is 18.6. The van der Waals surface area contributed by atoms with Gasteiger partial charge in [0.2, 0.25) is 10.0 Å². The Hall–Kier alpha value is -1.44. The van der Waals surface area contributed by atoms with Crippen LogP contribution in [0.4, 0.5) is 0 Å². The number of hydrogen-bond acceptors (Lipinski definition) is 4.